The topological polar surface area (TPSA) is 58.2 Å². The Hall–Kier alpha value is -0.890. The first kappa shape index (κ1) is 16.5. The van der Waals surface area contributed by atoms with Crippen molar-refractivity contribution >= 4 is 43.0 Å². The largest absolute Gasteiger partial charge is 0.377 e. The van der Waals surface area contributed by atoms with Crippen molar-refractivity contribution in [3.05, 3.63) is 45.1 Å². The maximum Gasteiger partial charge on any atom is 0.242 e. The number of halogens is 1. The fourth-order valence-corrected chi connectivity index (χ4v) is 4.61. The SMILES string of the molecule is CCNS(=O)(=O)c1ccccc1NC(C)c1cc(Br)cs1. The zero-order valence-electron chi connectivity index (χ0n) is 11.8. The van der Waals surface area contributed by atoms with Gasteiger partial charge in [0.05, 0.1) is 11.7 Å². The van der Waals surface area contributed by atoms with Crippen LogP contribution in [0.4, 0.5) is 5.69 Å². The summed E-state index contributed by atoms with van der Waals surface area (Å²) in [5.41, 5.74) is 0.607. The number of sulfonamides is 1. The molecule has 2 N–H and O–H groups in total. The number of para-hydroxylation sites is 1. The van der Waals surface area contributed by atoms with Gasteiger partial charge in [0.25, 0.3) is 0 Å². The van der Waals surface area contributed by atoms with Crippen molar-refractivity contribution in [3.8, 4) is 0 Å². The van der Waals surface area contributed by atoms with Crippen LogP contribution in [0.15, 0.2) is 45.1 Å². The van der Waals surface area contributed by atoms with Crippen LogP contribution in [0.25, 0.3) is 0 Å². The lowest BCUT2D eigenvalue weighted by Gasteiger charge is -2.17. The quantitative estimate of drug-likeness (QED) is 0.786. The van der Waals surface area contributed by atoms with E-state index in [0.717, 1.165) is 9.35 Å². The van der Waals surface area contributed by atoms with Crippen molar-refractivity contribution in [2.24, 2.45) is 0 Å². The lowest BCUT2D eigenvalue weighted by Crippen LogP contribution is -2.24. The predicted molar refractivity (Wildman–Crippen MR) is 91.4 cm³/mol. The lowest BCUT2D eigenvalue weighted by atomic mass is 10.2. The molecule has 0 aliphatic rings. The molecular weight excluding hydrogens is 372 g/mol. The van der Waals surface area contributed by atoms with Crippen molar-refractivity contribution in [1.29, 1.82) is 0 Å². The Balaban J connectivity index is 2.29. The standard InChI is InChI=1S/C14H17BrN2O2S2/c1-3-16-21(18,19)14-7-5-4-6-12(14)17-10(2)13-8-11(15)9-20-13/h4-10,16-17H,3H2,1-2H3. The number of hydrogen-bond donors (Lipinski definition) is 2. The monoisotopic (exact) mass is 388 g/mol. The molecule has 2 aromatic rings. The molecule has 2 rings (SSSR count). The Morgan fingerprint density at radius 1 is 1.33 bits per heavy atom. The van der Waals surface area contributed by atoms with E-state index in [1.165, 1.54) is 0 Å². The van der Waals surface area contributed by atoms with Crippen LogP contribution >= 0.6 is 27.3 Å². The van der Waals surface area contributed by atoms with E-state index in [4.69, 9.17) is 0 Å². The molecule has 0 saturated heterocycles. The van der Waals surface area contributed by atoms with Gasteiger partial charge in [-0.2, -0.15) is 0 Å². The molecule has 0 aliphatic carbocycles. The van der Waals surface area contributed by atoms with Crippen molar-refractivity contribution in [3.63, 3.8) is 0 Å². The van der Waals surface area contributed by atoms with Crippen LogP contribution in [0.5, 0.6) is 0 Å². The number of hydrogen-bond acceptors (Lipinski definition) is 4. The third kappa shape index (κ3) is 4.06. The molecule has 0 radical (unpaired) electrons. The van der Waals surface area contributed by atoms with E-state index >= 15 is 0 Å². The van der Waals surface area contributed by atoms with E-state index in [0.29, 0.717) is 12.2 Å². The van der Waals surface area contributed by atoms with Gasteiger partial charge >= 0.3 is 0 Å². The minimum atomic E-state index is -3.48. The summed E-state index contributed by atoms with van der Waals surface area (Å²) in [5.74, 6) is 0. The summed E-state index contributed by atoms with van der Waals surface area (Å²) < 4.78 is 28.0. The van der Waals surface area contributed by atoms with Gasteiger partial charge in [-0.1, -0.05) is 19.1 Å². The molecule has 1 unspecified atom stereocenters. The van der Waals surface area contributed by atoms with Gasteiger partial charge in [0.1, 0.15) is 4.90 Å². The normalized spacial score (nSPS) is 13.1. The zero-order chi connectivity index (χ0) is 15.5. The predicted octanol–water partition coefficient (Wildman–Crippen LogP) is 3.98. The molecule has 1 aromatic carbocycles. The number of anilines is 1. The van der Waals surface area contributed by atoms with Crippen molar-refractivity contribution in [2.75, 3.05) is 11.9 Å². The number of rotatable bonds is 6. The van der Waals surface area contributed by atoms with Crippen LogP contribution < -0.4 is 10.0 Å². The molecule has 1 aromatic heterocycles. The van der Waals surface area contributed by atoms with Gasteiger partial charge < -0.3 is 5.32 Å². The van der Waals surface area contributed by atoms with E-state index in [2.05, 4.69) is 26.0 Å². The second kappa shape index (κ2) is 6.91. The van der Waals surface area contributed by atoms with Gasteiger partial charge in [0.2, 0.25) is 10.0 Å². The fraction of sp³-hybridized carbons (Fsp3) is 0.286. The Morgan fingerprint density at radius 2 is 2.05 bits per heavy atom. The minimum absolute atomic E-state index is 0.0271. The van der Waals surface area contributed by atoms with Crippen LogP contribution in [0.3, 0.4) is 0 Å². The van der Waals surface area contributed by atoms with Gasteiger partial charge in [-0.3, -0.25) is 0 Å². The summed E-state index contributed by atoms with van der Waals surface area (Å²) in [4.78, 5) is 1.41. The fourth-order valence-electron chi connectivity index (χ4n) is 1.95. The molecule has 1 atom stereocenters. The molecule has 0 spiro atoms. The highest BCUT2D eigenvalue weighted by Gasteiger charge is 2.18. The van der Waals surface area contributed by atoms with E-state index in [9.17, 15) is 8.42 Å². The summed E-state index contributed by atoms with van der Waals surface area (Å²) in [6.45, 7) is 4.14. The Labute approximate surface area is 137 Å². The van der Waals surface area contributed by atoms with Crippen molar-refractivity contribution < 1.29 is 8.42 Å². The zero-order valence-corrected chi connectivity index (χ0v) is 15.0. The highest BCUT2D eigenvalue weighted by molar-refractivity contribution is 9.10. The van der Waals surface area contributed by atoms with Crippen molar-refractivity contribution in [1.82, 2.24) is 4.72 Å². The molecule has 7 heteroatoms. The molecule has 21 heavy (non-hydrogen) atoms. The molecule has 0 aliphatic heterocycles. The van der Waals surface area contributed by atoms with Crippen molar-refractivity contribution in [2.45, 2.75) is 24.8 Å². The third-order valence-electron chi connectivity index (χ3n) is 2.90. The molecule has 114 valence electrons. The van der Waals surface area contributed by atoms with E-state index < -0.39 is 10.0 Å². The Bertz CT molecular complexity index is 713. The highest BCUT2D eigenvalue weighted by atomic mass is 79.9. The van der Waals surface area contributed by atoms with Crippen LogP contribution in [0.2, 0.25) is 0 Å². The minimum Gasteiger partial charge on any atom is -0.377 e. The van der Waals surface area contributed by atoms with Gasteiger partial charge in [0, 0.05) is 21.3 Å². The molecule has 0 bridgehead atoms. The van der Waals surface area contributed by atoms with Crippen LogP contribution in [-0.4, -0.2) is 15.0 Å². The van der Waals surface area contributed by atoms with Crippen LogP contribution in [0, 0.1) is 0 Å². The maximum atomic E-state index is 12.2. The smallest absolute Gasteiger partial charge is 0.242 e. The second-order valence-corrected chi connectivity index (χ2v) is 8.12. The number of benzene rings is 1. The summed E-state index contributed by atoms with van der Waals surface area (Å²) in [6.07, 6.45) is 0. The van der Waals surface area contributed by atoms with Gasteiger partial charge in [-0.15, -0.1) is 11.3 Å². The third-order valence-corrected chi connectivity index (χ3v) is 6.38. The number of nitrogens with one attached hydrogen (secondary N) is 2. The maximum absolute atomic E-state index is 12.2. The summed E-state index contributed by atoms with van der Waals surface area (Å²) in [7, 11) is -3.48. The van der Waals surface area contributed by atoms with Crippen LogP contribution in [-0.2, 0) is 10.0 Å². The summed E-state index contributed by atoms with van der Waals surface area (Å²) in [5, 5.41) is 5.28. The lowest BCUT2D eigenvalue weighted by molar-refractivity contribution is 0.584. The Kier molecular flexibility index (Phi) is 5.43. The van der Waals surface area contributed by atoms with Gasteiger partial charge in [0.15, 0.2) is 0 Å². The molecule has 0 saturated carbocycles. The number of thiophene rings is 1. The Morgan fingerprint density at radius 3 is 2.67 bits per heavy atom. The molecular formula is C14H17BrN2O2S2. The average Bonchev–Trinajstić information content (AvgIpc) is 2.86. The molecule has 4 nitrogen and oxygen atoms in total. The van der Waals surface area contributed by atoms with E-state index in [1.807, 2.05) is 24.4 Å². The molecule has 0 amide bonds. The first-order valence-electron chi connectivity index (χ1n) is 6.53. The summed E-state index contributed by atoms with van der Waals surface area (Å²) >= 11 is 5.06. The highest BCUT2D eigenvalue weighted by Crippen LogP contribution is 2.30. The van der Waals surface area contributed by atoms with Gasteiger partial charge in [-0.05, 0) is 41.1 Å². The molecule has 0 fully saturated rings. The van der Waals surface area contributed by atoms with E-state index in [1.54, 1.807) is 36.5 Å². The molecule has 1 heterocycles. The first-order chi connectivity index (χ1) is 9.94. The van der Waals surface area contributed by atoms with Gasteiger partial charge in [-0.25, -0.2) is 13.1 Å². The first-order valence-corrected chi connectivity index (χ1v) is 9.68. The van der Waals surface area contributed by atoms with E-state index in [-0.39, 0.29) is 10.9 Å². The summed E-state index contributed by atoms with van der Waals surface area (Å²) in [6, 6.07) is 9.00. The average molecular weight is 389 g/mol. The van der Waals surface area contributed by atoms with Crippen LogP contribution in [0.1, 0.15) is 24.8 Å². The second-order valence-electron chi connectivity index (χ2n) is 4.53.